The molecule has 21 heavy (non-hydrogen) atoms. The molecule has 0 aliphatic rings. The average molecular weight is 320 g/mol. The summed E-state index contributed by atoms with van der Waals surface area (Å²) in [7, 11) is -2.53. The zero-order valence-corrected chi connectivity index (χ0v) is 12.3. The Bertz CT molecular complexity index is 606. The number of unbranched alkanes of at least 4 members (excludes halogenated alkanes) is 2. The smallest absolute Gasteiger partial charge is 0.304 e. The van der Waals surface area contributed by atoms with Gasteiger partial charge in [0.1, 0.15) is 0 Å². The van der Waals surface area contributed by atoms with Crippen molar-refractivity contribution < 1.29 is 22.8 Å². The Morgan fingerprint density at radius 2 is 2.00 bits per heavy atom. The zero-order valence-electron chi connectivity index (χ0n) is 11.5. The molecule has 0 radical (unpaired) electrons. The van der Waals surface area contributed by atoms with E-state index < -0.39 is 26.5 Å². The molecule has 1 aromatic carbocycles. The quantitative estimate of drug-likeness (QED) is 0.444. The first kappa shape index (κ1) is 17.5. The van der Waals surface area contributed by atoms with Gasteiger partial charge in [-0.2, -0.15) is 4.39 Å². The number of hydrogen-bond acceptors (Lipinski definition) is 5. The highest BCUT2D eigenvalue weighted by Crippen LogP contribution is 2.22. The summed E-state index contributed by atoms with van der Waals surface area (Å²) in [5.74, 6) is -1.19. The monoisotopic (exact) mass is 320 g/mol. The molecule has 7 nitrogen and oxygen atoms in total. The lowest BCUT2D eigenvalue weighted by Gasteiger charge is -2.17. The number of benzene rings is 1. The summed E-state index contributed by atoms with van der Waals surface area (Å²) in [5, 5.41) is 19.1. The van der Waals surface area contributed by atoms with E-state index in [9.17, 15) is 22.9 Å². The highest BCUT2D eigenvalue weighted by molar-refractivity contribution is 7.89. The third-order valence-electron chi connectivity index (χ3n) is 2.96. The molecule has 0 aromatic heterocycles. The van der Waals surface area contributed by atoms with Crippen molar-refractivity contribution in [3.8, 4) is 0 Å². The standard InChI is InChI=1S/C12H17FN2O5S/c1-14(7-3-2-4-8-16)21(19,20)10-5-6-12(15(17)18)11(13)9-10/h5-6,9,16H,2-4,7-8H2,1H3. The van der Waals surface area contributed by atoms with Gasteiger partial charge in [-0.15, -0.1) is 0 Å². The summed E-state index contributed by atoms with van der Waals surface area (Å²) in [5.41, 5.74) is -0.764. The minimum absolute atomic E-state index is 0.0457. The van der Waals surface area contributed by atoms with Crippen LogP contribution in [0.2, 0.25) is 0 Å². The van der Waals surface area contributed by atoms with Crippen molar-refractivity contribution in [1.29, 1.82) is 0 Å². The Kier molecular flexibility index (Phi) is 6.19. The molecule has 1 rings (SSSR count). The van der Waals surface area contributed by atoms with Gasteiger partial charge in [-0.05, 0) is 25.3 Å². The third kappa shape index (κ3) is 4.45. The van der Waals surface area contributed by atoms with E-state index in [0.717, 1.165) is 16.4 Å². The molecule has 0 saturated carbocycles. The number of nitro benzene ring substituents is 1. The Balaban J connectivity index is 2.87. The summed E-state index contributed by atoms with van der Waals surface area (Å²) in [6.07, 6.45) is 1.82. The summed E-state index contributed by atoms with van der Waals surface area (Å²) in [6.45, 7) is 0.269. The van der Waals surface area contributed by atoms with Crippen molar-refractivity contribution in [2.75, 3.05) is 20.2 Å². The highest BCUT2D eigenvalue weighted by atomic mass is 32.2. The Morgan fingerprint density at radius 3 is 2.52 bits per heavy atom. The van der Waals surface area contributed by atoms with E-state index in [1.807, 2.05) is 0 Å². The van der Waals surface area contributed by atoms with Gasteiger partial charge in [-0.3, -0.25) is 10.1 Å². The van der Waals surface area contributed by atoms with Gasteiger partial charge in [-0.1, -0.05) is 0 Å². The molecule has 0 aliphatic heterocycles. The number of sulfonamides is 1. The van der Waals surface area contributed by atoms with E-state index in [0.29, 0.717) is 25.3 Å². The summed E-state index contributed by atoms with van der Waals surface area (Å²) in [4.78, 5) is 9.27. The molecule has 0 amide bonds. The average Bonchev–Trinajstić information content (AvgIpc) is 2.42. The van der Waals surface area contributed by atoms with Gasteiger partial charge in [0.25, 0.3) is 0 Å². The van der Waals surface area contributed by atoms with E-state index in [4.69, 9.17) is 5.11 Å². The fourth-order valence-electron chi connectivity index (χ4n) is 1.72. The van der Waals surface area contributed by atoms with Crippen LogP contribution in [0, 0.1) is 15.9 Å². The molecule has 0 fully saturated rings. The first-order valence-corrected chi connectivity index (χ1v) is 7.76. The molecule has 0 heterocycles. The van der Waals surface area contributed by atoms with Gasteiger partial charge in [0.2, 0.25) is 15.8 Å². The van der Waals surface area contributed by atoms with Crippen LogP contribution in [0.15, 0.2) is 23.1 Å². The van der Waals surface area contributed by atoms with E-state index >= 15 is 0 Å². The Hall–Kier alpha value is -1.58. The first-order chi connectivity index (χ1) is 9.80. The van der Waals surface area contributed by atoms with Gasteiger partial charge < -0.3 is 5.11 Å². The zero-order chi connectivity index (χ0) is 16.0. The molecule has 1 aromatic rings. The second kappa shape index (κ2) is 7.43. The van der Waals surface area contributed by atoms with Crippen LogP contribution in [-0.4, -0.2) is 43.0 Å². The topological polar surface area (TPSA) is 101 Å². The maximum absolute atomic E-state index is 13.5. The summed E-state index contributed by atoms with van der Waals surface area (Å²) >= 11 is 0. The minimum Gasteiger partial charge on any atom is -0.396 e. The lowest BCUT2D eigenvalue weighted by molar-refractivity contribution is -0.387. The van der Waals surface area contributed by atoms with Crippen LogP contribution in [0.4, 0.5) is 10.1 Å². The van der Waals surface area contributed by atoms with Gasteiger partial charge in [-0.25, -0.2) is 12.7 Å². The van der Waals surface area contributed by atoms with Crippen LogP contribution in [-0.2, 0) is 10.0 Å². The second-order valence-electron chi connectivity index (χ2n) is 4.48. The number of aliphatic hydroxyl groups excluding tert-OH is 1. The van der Waals surface area contributed by atoms with Crippen molar-refractivity contribution in [1.82, 2.24) is 4.31 Å². The Morgan fingerprint density at radius 1 is 1.33 bits per heavy atom. The van der Waals surface area contributed by atoms with Crippen LogP contribution in [0.1, 0.15) is 19.3 Å². The fraction of sp³-hybridized carbons (Fsp3) is 0.500. The number of rotatable bonds is 8. The normalized spacial score (nSPS) is 11.8. The number of halogens is 1. The largest absolute Gasteiger partial charge is 0.396 e. The van der Waals surface area contributed by atoms with Crippen molar-refractivity contribution in [3.05, 3.63) is 34.1 Å². The maximum atomic E-state index is 13.5. The molecular formula is C12H17FN2O5S. The van der Waals surface area contributed by atoms with Crippen LogP contribution < -0.4 is 0 Å². The van der Waals surface area contributed by atoms with E-state index in [2.05, 4.69) is 0 Å². The van der Waals surface area contributed by atoms with Crippen molar-refractivity contribution >= 4 is 15.7 Å². The van der Waals surface area contributed by atoms with Gasteiger partial charge in [0, 0.05) is 32.3 Å². The molecule has 0 atom stereocenters. The van der Waals surface area contributed by atoms with Crippen molar-refractivity contribution in [2.45, 2.75) is 24.2 Å². The van der Waals surface area contributed by atoms with E-state index in [1.165, 1.54) is 7.05 Å². The van der Waals surface area contributed by atoms with Crippen LogP contribution in [0.5, 0.6) is 0 Å². The molecule has 0 unspecified atom stereocenters. The molecule has 118 valence electrons. The summed E-state index contributed by atoms with van der Waals surface area (Å²) in [6, 6.07) is 2.50. The van der Waals surface area contributed by atoms with Gasteiger partial charge in [0.15, 0.2) is 0 Å². The summed E-state index contributed by atoms with van der Waals surface area (Å²) < 4.78 is 38.9. The number of aliphatic hydroxyl groups is 1. The number of nitro groups is 1. The predicted octanol–water partition coefficient (Wildman–Crippen LogP) is 1.52. The van der Waals surface area contributed by atoms with Crippen LogP contribution >= 0.6 is 0 Å². The van der Waals surface area contributed by atoms with Crippen LogP contribution in [0.25, 0.3) is 0 Å². The highest BCUT2D eigenvalue weighted by Gasteiger charge is 2.24. The first-order valence-electron chi connectivity index (χ1n) is 6.32. The molecule has 0 saturated heterocycles. The van der Waals surface area contributed by atoms with Crippen molar-refractivity contribution in [2.24, 2.45) is 0 Å². The maximum Gasteiger partial charge on any atom is 0.304 e. The molecule has 9 heteroatoms. The lowest BCUT2D eigenvalue weighted by Crippen LogP contribution is -2.28. The molecule has 0 aliphatic carbocycles. The molecule has 0 spiro atoms. The number of hydrogen-bond donors (Lipinski definition) is 1. The van der Waals surface area contributed by atoms with Crippen LogP contribution in [0.3, 0.4) is 0 Å². The molecule has 0 bridgehead atoms. The second-order valence-corrected chi connectivity index (χ2v) is 6.53. The van der Waals surface area contributed by atoms with Gasteiger partial charge in [0.05, 0.1) is 9.82 Å². The Labute approximate surface area is 122 Å². The minimum atomic E-state index is -3.88. The molecule has 1 N–H and O–H groups in total. The number of nitrogens with zero attached hydrogens (tertiary/aromatic N) is 2. The van der Waals surface area contributed by atoms with E-state index in [1.54, 1.807) is 0 Å². The molecular weight excluding hydrogens is 303 g/mol. The predicted molar refractivity (Wildman–Crippen MR) is 73.8 cm³/mol. The lowest BCUT2D eigenvalue weighted by atomic mass is 10.2. The van der Waals surface area contributed by atoms with Gasteiger partial charge >= 0.3 is 5.69 Å². The SMILES string of the molecule is CN(CCCCCO)S(=O)(=O)c1ccc([N+](=O)[O-])c(F)c1. The third-order valence-corrected chi connectivity index (χ3v) is 4.81. The fourth-order valence-corrected chi connectivity index (χ4v) is 2.94. The van der Waals surface area contributed by atoms with E-state index in [-0.39, 0.29) is 18.0 Å². The van der Waals surface area contributed by atoms with Crippen molar-refractivity contribution in [3.63, 3.8) is 0 Å².